The number of thioether (sulfide) groups is 1. The van der Waals surface area contributed by atoms with Gasteiger partial charge in [0.2, 0.25) is 5.91 Å². The lowest BCUT2D eigenvalue weighted by molar-refractivity contribution is -0.121. The molecular weight excluding hydrogens is 218 g/mol. The summed E-state index contributed by atoms with van der Waals surface area (Å²) in [6.45, 7) is 7.90. The Balaban J connectivity index is 2.53. The summed E-state index contributed by atoms with van der Waals surface area (Å²) >= 11 is 1.58. The normalized spacial score (nSPS) is 13.2. The molecular formula is C13H19NOS. The van der Waals surface area contributed by atoms with Gasteiger partial charge in [-0.3, -0.25) is 4.79 Å². The van der Waals surface area contributed by atoms with E-state index in [1.165, 1.54) is 0 Å². The molecule has 0 heterocycles. The monoisotopic (exact) mass is 237 g/mol. The quantitative estimate of drug-likeness (QED) is 0.819. The number of hydrogen-bond acceptors (Lipinski definition) is 2. The molecule has 0 fully saturated rings. The first-order valence-electron chi connectivity index (χ1n) is 5.42. The van der Waals surface area contributed by atoms with Gasteiger partial charge in [0.15, 0.2) is 0 Å². The standard InChI is InChI=1S/C13H19NOS/c1-10(12(15)14-13(2,3)4)16-11-8-6-5-7-9-11/h5-10H,1-4H3,(H,14,15)/t10-/m0/s1. The predicted molar refractivity (Wildman–Crippen MR) is 69.7 cm³/mol. The van der Waals surface area contributed by atoms with E-state index in [1.54, 1.807) is 11.8 Å². The van der Waals surface area contributed by atoms with Crippen molar-refractivity contribution >= 4 is 17.7 Å². The van der Waals surface area contributed by atoms with Crippen molar-refractivity contribution in [3.8, 4) is 0 Å². The zero-order valence-electron chi connectivity index (χ0n) is 10.3. The molecule has 1 atom stereocenters. The second kappa shape index (κ2) is 5.39. The first kappa shape index (κ1) is 13.1. The molecule has 0 aromatic heterocycles. The van der Waals surface area contributed by atoms with Crippen molar-refractivity contribution in [3.05, 3.63) is 30.3 Å². The fourth-order valence-electron chi connectivity index (χ4n) is 1.23. The van der Waals surface area contributed by atoms with Crippen LogP contribution in [0.15, 0.2) is 35.2 Å². The maximum Gasteiger partial charge on any atom is 0.233 e. The van der Waals surface area contributed by atoms with E-state index in [0.29, 0.717) is 0 Å². The van der Waals surface area contributed by atoms with E-state index in [4.69, 9.17) is 0 Å². The van der Waals surface area contributed by atoms with Crippen LogP contribution >= 0.6 is 11.8 Å². The van der Waals surface area contributed by atoms with Gasteiger partial charge in [0.05, 0.1) is 5.25 Å². The molecule has 0 saturated carbocycles. The molecule has 0 radical (unpaired) electrons. The molecule has 1 aromatic rings. The van der Waals surface area contributed by atoms with Crippen molar-refractivity contribution in [1.82, 2.24) is 5.32 Å². The molecule has 0 saturated heterocycles. The number of nitrogens with one attached hydrogen (secondary N) is 1. The number of carbonyl (C=O) groups is 1. The van der Waals surface area contributed by atoms with E-state index >= 15 is 0 Å². The van der Waals surface area contributed by atoms with Crippen LogP contribution < -0.4 is 5.32 Å². The Labute approximate surface area is 102 Å². The fraction of sp³-hybridized carbons (Fsp3) is 0.462. The van der Waals surface area contributed by atoms with Crippen LogP contribution in [-0.2, 0) is 4.79 Å². The van der Waals surface area contributed by atoms with Gasteiger partial charge in [-0.1, -0.05) is 18.2 Å². The van der Waals surface area contributed by atoms with Crippen molar-refractivity contribution in [2.24, 2.45) is 0 Å². The summed E-state index contributed by atoms with van der Waals surface area (Å²) in [4.78, 5) is 13.0. The van der Waals surface area contributed by atoms with Crippen LogP contribution in [0.1, 0.15) is 27.7 Å². The average Bonchev–Trinajstić information content (AvgIpc) is 2.16. The third-order valence-electron chi connectivity index (χ3n) is 1.92. The second-order valence-electron chi connectivity index (χ2n) is 4.81. The maximum absolute atomic E-state index is 11.8. The molecule has 1 amide bonds. The van der Waals surface area contributed by atoms with Crippen molar-refractivity contribution in [2.75, 3.05) is 0 Å². The minimum Gasteiger partial charge on any atom is -0.351 e. The van der Waals surface area contributed by atoms with Crippen LogP contribution in [0.3, 0.4) is 0 Å². The highest BCUT2D eigenvalue weighted by Gasteiger charge is 2.19. The van der Waals surface area contributed by atoms with Crippen LogP contribution in [-0.4, -0.2) is 16.7 Å². The second-order valence-corrected chi connectivity index (χ2v) is 6.23. The Morgan fingerprint density at radius 1 is 1.25 bits per heavy atom. The molecule has 1 N–H and O–H groups in total. The smallest absolute Gasteiger partial charge is 0.233 e. The summed E-state index contributed by atoms with van der Waals surface area (Å²) < 4.78 is 0. The van der Waals surface area contributed by atoms with Gasteiger partial charge in [0, 0.05) is 10.4 Å². The molecule has 0 aliphatic heterocycles. The zero-order chi connectivity index (χ0) is 12.2. The highest BCUT2D eigenvalue weighted by Crippen LogP contribution is 2.23. The van der Waals surface area contributed by atoms with E-state index in [2.05, 4.69) is 5.32 Å². The van der Waals surface area contributed by atoms with Crippen LogP contribution in [0.4, 0.5) is 0 Å². The lowest BCUT2D eigenvalue weighted by Gasteiger charge is -2.23. The number of carbonyl (C=O) groups excluding carboxylic acids is 1. The molecule has 2 nitrogen and oxygen atoms in total. The largest absolute Gasteiger partial charge is 0.351 e. The molecule has 88 valence electrons. The van der Waals surface area contributed by atoms with Gasteiger partial charge in [-0.15, -0.1) is 11.8 Å². The number of rotatable bonds is 3. The van der Waals surface area contributed by atoms with Crippen molar-refractivity contribution in [2.45, 2.75) is 43.4 Å². The number of amides is 1. The van der Waals surface area contributed by atoms with Crippen molar-refractivity contribution in [1.29, 1.82) is 0 Å². The van der Waals surface area contributed by atoms with Gasteiger partial charge in [0.1, 0.15) is 0 Å². The number of benzene rings is 1. The molecule has 3 heteroatoms. The predicted octanol–water partition coefficient (Wildman–Crippen LogP) is 3.08. The molecule has 0 unspecified atom stereocenters. The molecule has 0 spiro atoms. The first-order chi connectivity index (χ1) is 7.38. The van der Waals surface area contributed by atoms with Gasteiger partial charge in [-0.2, -0.15) is 0 Å². The third kappa shape index (κ3) is 4.71. The summed E-state index contributed by atoms with van der Waals surface area (Å²) in [5, 5.41) is 2.91. The Kier molecular flexibility index (Phi) is 4.42. The van der Waals surface area contributed by atoms with Crippen LogP contribution in [0.25, 0.3) is 0 Å². The molecule has 0 aliphatic rings. The minimum absolute atomic E-state index is 0.0679. The highest BCUT2D eigenvalue weighted by atomic mass is 32.2. The zero-order valence-corrected chi connectivity index (χ0v) is 11.1. The van der Waals surface area contributed by atoms with Gasteiger partial charge < -0.3 is 5.32 Å². The van der Waals surface area contributed by atoms with E-state index in [9.17, 15) is 4.79 Å². The van der Waals surface area contributed by atoms with Gasteiger partial charge in [-0.05, 0) is 39.8 Å². The lowest BCUT2D eigenvalue weighted by atomic mass is 10.1. The third-order valence-corrected chi connectivity index (χ3v) is 3.04. The fourth-order valence-corrected chi connectivity index (χ4v) is 2.12. The van der Waals surface area contributed by atoms with Gasteiger partial charge in [-0.25, -0.2) is 0 Å². The van der Waals surface area contributed by atoms with Gasteiger partial charge >= 0.3 is 0 Å². The van der Waals surface area contributed by atoms with E-state index in [1.807, 2.05) is 58.0 Å². The summed E-state index contributed by atoms with van der Waals surface area (Å²) in [6.07, 6.45) is 0. The molecule has 0 aliphatic carbocycles. The topological polar surface area (TPSA) is 29.1 Å². The Morgan fingerprint density at radius 2 is 1.81 bits per heavy atom. The SMILES string of the molecule is C[C@H](Sc1ccccc1)C(=O)NC(C)(C)C. The van der Waals surface area contributed by atoms with E-state index in [-0.39, 0.29) is 16.7 Å². The lowest BCUT2D eigenvalue weighted by Crippen LogP contribution is -2.44. The first-order valence-corrected chi connectivity index (χ1v) is 6.30. The van der Waals surface area contributed by atoms with Crippen LogP contribution in [0.2, 0.25) is 0 Å². The molecule has 0 bridgehead atoms. The highest BCUT2D eigenvalue weighted by molar-refractivity contribution is 8.00. The Bertz CT molecular complexity index is 343. The van der Waals surface area contributed by atoms with Crippen LogP contribution in [0, 0.1) is 0 Å². The summed E-state index contributed by atoms with van der Waals surface area (Å²) in [5.41, 5.74) is -0.164. The van der Waals surface area contributed by atoms with Crippen molar-refractivity contribution in [3.63, 3.8) is 0 Å². The molecule has 1 rings (SSSR count). The van der Waals surface area contributed by atoms with E-state index in [0.717, 1.165) is 4.90 Å². The molecule has 1 aromatic carbocycles. The van der Waals surface area contributed by atoms with Crippen LogP contribution in [0.5, 0.6) is 0 Å². The molecule has 16 heavy (non-hydrogen) atoms. The summed E-state index contributed by atoms with van der Waals surface area (Å²) in [7, 11) is 0. The Hall–Kier alpha value is -0.960. The average molecular weight is 237 g/mol. The maximum atomic E-state index is 11.8. The summed E-state index contributed by atoms with van der Waals surface area (Å²) in [5.74, 6) is 0.0846. The number of hydrogen-bond donors (Lipinski definition) is 1. The van der Waals surface area contributed by atoms with Gasteiger partial charge in [0.25, 0.3) is 0 Å². The Morgan fingerprint density at radius 3 is 2.31 bits per heavy atom. The summed E-state index contributed by atoms with van der Waals surface area (Å²) in [6, 6.07) is 9.98. The van der Waals surface area contributed by atoms with E-state index < -0.39 is 0 Å². The minimum atomic E-state index is -0.164. The van der Waals surface area contributed by atoms with Crippen molar-refractivity contribution < 1.29 is 4.79 Å².